The number of nitrogens with zero attached hydrogens (tertiary/aromatic N) is 1. The molecule has 1 aliphatic rings. The van der Waals surface area contributed by atoms with Crippen molar-refractivity contribution in [2.75, 3.05) is 39.9 Å². The van der Waals surface area contributed by atoms with E-state index >= 15 is 0 Å². The van der Waals surface area contributed by atoms with Gasteiger partial charge in [-0.3, -0.25) is 9.69 Å². The van der Waals surface area contributed by atoms with Gasteiger partial charge in [-0.1, -0.05) is 0 Å². The molecular formula is C11H23N3O2. The Labute approximate surface area is 97.3 Å². The number of nitrogens with two attached hydrogens (primary N) is 1. The van der Waals surface area contributed by atoms with E-state index in [0.717, 1.165) is 32.4 Å². The second-order valence-corrected chi connectivity index (χ2v) is 4.21. The summed E-state index contributed by atoms with van der Waals surface area (Å²) in [6, 6.07) is 0.317. The lowest BCUT2D eigenvalue weighted by Crippen LogP contribution is -2.42. The molecule has 0 aliphatic carbocycles. The zero-order valence-electron chi connectivity index (χ0n) is 10.1. The molecule has 1 aliphatic heterocycles. The van der Waals surface area contributed by atoms with Gasteiger partial charge in [-0.15, -0.1) is 0 Å². The van der Waals surface area contributed by atoms with Gasteiger partial charge in [-0.25, -0.2) is 0 Å². The predicted octanol–water partition coefficient (Wildman–Crippen LogP) is -0.438. The zero-order valence-corrected chi connectivity index (χ0v) is 10.1. The van der Waals surface area contributed by atoms with Gasteiger partial charge < -0.3 is 15.8 Å². The van der Waals surface area contributed by atoms with Crippen LogP contribution >= 0.6 is 0 Å². The molecule has 3 N–H and O–H groups in total. The molecule has 0 bridgehead atoms. The molecule has 0 saturated carbocycles. The Bertz CT molecular complexity index is 211. The van der Waals surface area contributed by atoms with Gasteiger partial charge in [-0.2, -0.15) is 0 Å². The molecular weight excluding hydrogens is 206 g/mol. The minimum absolute atomic E-state index is 0.117. The number of hydrogen-bond donors (Lipinski definition) is 2. The molecule has 0 spiro atoms. The lowest BCUT2D eigenvalue weighted by Gasteiger charge is -2.29. The largest absolute Gasteiger partial charge is 0.383 e. The smallest absolute Gasteiger partial charge is 0.234 e. The third-order valence-corrected chi connectivity index (χ3v) is 2.91. The standard InChI is InChI=1S/C11H23N3O2/c1-16-9-10(4-2-5-12)14-7-3-6-13-11(15)8-14/h10H,2-9,12H2,1H3,(H,13,15). The number of rotatable bonds is 6. The molecule has 1 fully saturated rings. The van der Waals surface area contributed by atoms with E-state index in [1.807, 2.05) is 0 Å². The first-order chi connectivity index (χ1) is 7.77. The van der Waals surface area contributed by atoms with Crippen LogP contribution in [0, 0.1) is 0 Å². The monoisotopic (exact) mass is 229 g/mol. The number of nitrogens with one attached hydrogen (secondary N) is 1. The number of ether oxygens (including phenoxy) is 1. The minimum Gasteiger partial charge on any atom is -0.383 e. The first-order valence-electron chi connectivity index (χ1n) is 5.97. The second-order valence-electron chi connectivity index (χ2n) is 4.21. The quantitative estimate of drug-likeness (QED) is 0.648. The molecule has 5 nitrogen and oxygen atoms in total. The number of carbonyl (C=O) groups excluding carboxylic acids is 1. The Morgan fingerprint density at radius 3 is 3.12 bits per heavy atom. The van der Waals surface area contributed by atoms with Gasteiger partial charge in [0.1, 0.15) is 0 Å². The topological polar surface area (TPSA) is 67.6 Å². The Hall–Kier alpha value is -0.650. The fraction of sp³-hybridized carbons (Fsp3) is 0.909. The Morgan fingerprint density at radius 1 is 1.62 bits per heavy atom. The highest BCUT2D eigenvalue weighted by Crippen LogP contribution is 2.09. The molecule has 1 unspecified atom stereocenters. The maximum atomic E-state index is 11.5. The number of amides is 1. The van der Waals surface area contributed by atoms with Crippen molar-refractivity contribution in [1.82, 2.24) is 10.2 Å². The fourth-order valence-electron chi connectivity index (χ4n) is 2.06. The average molecular weight is 229 g/mol. The van der Waals surface area contributed by atoms with Crippen molar-refractivity contribution >= 4 is 5.91 Å². The van der Waals surface area contributed by atoms with Crippen LogP contribution in [-0.2, 0) is 9.53 Å². The molecule has 1 saturated heterocycles. The van der Waals surface area contributed by atoms with Crippen LogP contribution in [-0.4, -0.2) is 56.7 Å². The van der Waals surface area contributed by atoms with E-state index in [0.29, 0.717) is 25.7 Å². The van der Waals surface area contributed by atoms with E-state index in [9.17, 15) is 4.79 Å². The van der Waals surface area contributed by atoms with Crippen LogP contribution in [0.4, 0.5) is 0 Å². The summed E-state index contributed by atoms with van der Waals surface area (Å²) in [6.45, 7) is 3.59. The van der Waals surface area contributed by atoms with Crippen molar-refractivity contribution in [1.29, 1.82) is 0 Å². The maximum Gasteiger partial charge on any atom is 0.234 e. The SMILES string of the molecule is COCC(CCCN)N1CCCNC(=O)C1. The van der Waals surface area contributed by atoms with E-state index in [4.69, 9.17) is 10.5 Å². The van der Waals surface area contributed by atoms with Gasteiger partial charge in [0.25, 0.3) is 0 Å². The molecule has 0 aromatic carbocycles. The van der Waals surface area contributed by atoms with Gasteiger partial charge in [0, 0.05) is 26.2 Å². The Balaban J connectivity index is 2.49. The van der Waals surface area contributed by atoms with E-state index < -0.39 is 0 Å². The summed E-state index contributed by atoms with van der Waals surface area (Å²) in [5.74, 6) is 0.117. The highest BCUT2D eigenvalue weighted by Gasteiger charge is 2.22. The molecule has 94 valence electrons. The normalized spacial score (nSPS) is 20.2. The highest BCUT2D eigenvalue weighted by atomic mass is 16.5. The van der Waals surface area contributed by atoms with Crippen LogP contribution in [0.15, 0.2) is 0 Å². The average Bonchev–Trinajstić information content (AvgIpc) is 2.49. The van der Waals surface area contributed by atoms with Gasteiger partial charge in [0.2, 0.25) is 5.91 Å². The summed E-state index contributed by atoms with van der Waals surface area (Å²) in [4.78, 5) is 13.7. The second kappa shape index (κ2) is 7.60. The van der Waals surface area contributed by atoms with Crippen LogP contribution in [0.3, 0.4) is 0 Å². The molecule has 0 aromatic rings. The van der Waals surface area contributed by atoms with Crippen molar-refractivity contribution in [3.05, 3.63) is 0 Å². The van der Waals surface area contributed by atoms with Crippen molar-refractivity contribution in [2.24, 2.45) is 5.73 Å². The van der Waals surface area contributed by atoms with Crippen molar-refractivity contribution in [2.45, 2.75) is 25.3 Å². The van der Waals surface area contributed by atoms with Gasteiger partial charge >= 0.3 is 0 Å². The van der Waals surface area contributed by atoms with Gasteiger partial charge in [0.15, 0.2) is 0 Å². The highest BCUT2D eigenvalue weighted by molar-refractivity contribution is 5.78. The number of hydrogen-bond acceptors (Lipinski definition) is 4. The molecule has 1 rings (SSSR count). The third kappa shape index (κ3) is 4.47. The molecule has 1 amide bonds. The minimum atomic E-state index is 0.117. The molecule has 1 heterocycles. The Kier molecular flexibility index (Phi) is 6.37. The summed E-state index contributed by atoms with van der Waals surface area (Å²) >= 11 is 0. The lowest BCUT2D eigenvalue weighted by molar-refractivity contribution is -0.122. The summed E-state index contributed by atoms with van der Waals surface area (Å²) in [5.41, 5.74) is 5.52. The van der Waals surface area contributed by atoms with Gasteiger partial charge in [0.05, 0.1) is 13.2 Å². The van der Waals surface area contributed by atoms with Crippen molar-refractivity contribution < 1.29 is 9.53 Å². The third-order valence-electron chi connectivity index (χ3n) is 2.91. The predicted molar refractivity (Wildman–Crippen MR) is 63.2 cm³/mol. The van der Waals surface area contributed by atoms with Crippen LogP contribution < -0.4 is 11.1 Å². The number of carbonyl (C=O) groups is 1. The van der Waals surface area contributed by atoms with E-state index in [-0.39, 0.29) is 5.91 Å². The summed E-state index contributed by atoms with van der Waals surface area (Å²) < 4.78 is 5.22. The van der Waals surface area contributed by atoms with Crippen LogP contribution in [0.5, 0.6) is 0 Å². The molecule has 16 heavy (non-hydrogen) atoms. The first kappa shape index (κ1) is 13.4. The Morgan fingerprint density at radius 2 is 2.44 bits per heavy atom. The zero-order chi connectivity index (χ0) is 11.8. The van der Waals surface area contributed by atoms with Crippen LogP contribution in [0.25, 0.3) is 0 Å². The van der Waals surface area contributed by atoms with E-state index in [1.165, 1.54) is 0 Å². The summed E-state index contributed by atoms with van der Waals surface area (Å²) in [6.07, 6.45) is 2.98. The number of methoxy groups -OCH3 is 1. The lowest BCUT2D eigenvalue weighted by atomic mass is 10.1. The van der Waals surface area contributed by atoms with Crippen LogP contribution in [0.1, 0.15) is 19.3 Å². The van der Waals surface area contributed by atoms with Crippen molar-refractivity contribution in [3.8, 4) is 0 Å². The van der Waals surface area contributed by atoms with Crippen LogP contribution in [0.2, 0.25) is 0 Å². The summed E-state index contributed by atoms with van der Waals surface area (Å²) in [5, 5.41) is 2.88. The first-order valence-corrected chi connectivity index (χ1v) is 5.97. The molecule has 5 heteroatoms. The van der Waals surface area contributed by atoms with E-state index in [2.05, 4.69) is 10.2 Å². The maximum absolute atomic E-state index is 11.5. The fourth-order valence-corrected chi connectivity index (χ4v) is 2.06. The summed E-state index contributed by atoms with van der Waals surface area (Å²) in [7, 11) is 1.70. The molecule has 1 atom stereocenters. The molecule has 0 aromatic heterocycles. The van der Waals surface area contributed by atoms with E-state index in [1.54, 1.807) is 7.11 Å². The van der Waals surface area contributed by atoms with Crippen molar-refractivity contribution in [3.63, 3.8) is 0 Å². The van der Waals surface area contributed by atoms with Gasteiger partial charge in [-0.05, 0) is 25.8 Å². The molecule has 0 radical (unpaired) electrons.